The second-order valence-corrected chi connectivity index (χ2v) is 6.41. The second kappa shape index (κ2) is 6.48. The quantitative estimate of drug-likeness (QED) is 0.400. The van der Waals surface area contributed by atoms with Crippen LogP contribution in [0.5, 0.6) is 0 Å². The van der Waals surface area contributed by atoms with Gasteiger partial charge < -0.3 is 0 Å². The van der Waals surface area contributed by atoms with E-state index >= 15 is 0 Å². The first-order valence-electron chi connectivity index (χ1n) is 6.03. The van der Waals surface area contributed by atoms with Crippen LogP contribution >= 0.6 is 31.9 Å². The van der Waals surface area contributed by atoms with Gasteiger partial charge in [0.25, 0.3) is 0 Å². The number of alkyl halides is 4. The molecule has 21 heavy (non-hydrogen) atoms. The van der Waals surface area contributed by atoms with E-state index in [1.54, 1.807) is 12.1 Å². The first-order valence-corrected chi connectivity index (χ1v) is 7.74. The van der Waals surface area contributed by atoms with Crippen LogP contribution in [0.25, 0.3) is 0 Å². The van der Waals surface area contributed by atoms with Crippen LogP contribution in [0, 0.1) is 5.82 Å². The molecule has 1 unspecified atom stereocenters. The molecule has 1 atom stereocenters. The van der Waals surface area contributed by atoms with Crippen LogP contribution in [0.3, 0.4) is 0 Å². The lowest BCUT2D eigenvalue weighted by molar-refractivity contribution is -0.137. The van der Waals surface area contributed by atoms with E-state index < -0.39 is 11.7 Å². The molecule has 0 fully saturated rings. The third-order valence-corrected chi connectivity index (χ3v) is 4.67. The van der Waals surface area contributed by atoms with Gasteiger partial charge in [-0.2, -0.15) is 13.2 Å². The zero-order chi connectivity index (χ0) is 15.6. The van der Waals surface area contributed by atoms with Crippen molar-refractivity contribution in [2.45, 2.75) is 17.4 Å². The highest BCUT2D eigenvalue weighted by atomic mass is 79.9. The van der Waals surface area contributed by atoms with Gasteiger partial charge in [-0.15, -0.1) is 0 Å². The average Bonchev–Trinajstić information content (AvgIpc) is 2.41. The van der Waals surface area contributed by atoms with Gasteiger partial charge in [0.2, 0.25) is 0 Å². The Hall–Kier alpha value is -0.880. The fourth-order valence-corrected chi connectivity index (χ4v) is 3.51. The lowest BCUT2D eigenvalue weighted by Crippen LogP contribution is -2.05. The molecule has 0 aliphatic rings. The summed E-state index contributed by atoms with van der Waals surface area (Å²) in [5, 5.41) is 0. The summed E-state index contributed by atoms with van der Waals surface area (Å²) in [5.74, 6) is -0.371. The van der Waals surface area contributed by atoms with Gasteiger partial charge in [0.05, 0.1) is 10.0 Å². The van der Waals surface area contributed by atoms with E-state index in [4.69, 9.17) is 0 Å². The molecule has 112 valence electrons. The number of hydrogen-bond acceptors (Lipinski definition) is 0. The molecule has 0 saturated heterocycles. The maximum Gasteiger partial charge on any atom is 0.416 e. The van der Waals surface area contributed by atoms with Crippen LogP contribution in [0.15, 0.2) is 46.9 Å². The van der Waals surface area contributed by atoms with Gasteiger partial charge >= 0.3 is 6.18 Å². The van der Waals surface area contributed by atoms with E-state index in [1.807, 2.05) is 0 Å². The summed E-state index contributed by atoms with van der Waals surface area (Å²) in [6.07, 6.45) is -3.88. The Bertz CT molecular complexity index is 621. The molecule has 0 heterocycles. The molecule has 0 aliphatic heterocycles. The molecule has 0 bridgehead atoms. The Balaban J connectivity index is 2.16. The summed E-state index contributed by atoms with van der Waals surface area (Å²) in [7, 11) is 0. The molecule has 2 rings (SSSR count). The van der Waals surface area contributed by atoms with E-state index in [0.717, 1.165) is 23.3 Å². The lowest BCUT2D eigenvalue weighted by atomic mass is 10.0. The van der Waals surface area contributed by atoms with Crippen LogP contribution in [0.2, 0.25) is 0 Å². The van der Waals surface area contributed by atoms with Crippen LogP contribution in [0.4, 0.5) is 17.6 Å². The average molecular weight is 426 g/mol. The Morgan fingerprint density at radius 1 is 1.00 bits per heavy atom. The molecule has 2 aromatic carbocycles. The zero-order valence-corrected chi connectivity index (χ0v) is 13.8. The van der Waals surface area contributed by atoms with Crippen molar-refractivity contribution in [1.29, 1.82) is 0 Å². The molecule has 0 amide bonds. The Kier molecular flexibility index (Phi) is 5.09. The van der Waals surface area contributed by atoms with Crippen molar-refractivity contribution < 1.29 is 17.6 Å². The van der Waals surface area contributed by atoms with Gasteiger partial charge in [-0.25, -0.2) is 4.39 Å². The monoisotopic (exact) mass is 424 g/mol. The van der Waals surface area contributed by atoms with Crippen molar-refractivity contribution in [2.75, 3.05) is 0 Å². The standard InChI is InChI=1S/C15H10Br2F4/c16-12(11-2-1-3-13(18)14(11)17)8-9-4-6-10(7-5-9)15(19,20)21/h1-7,12H,8H2. The van der Waals surface area contributed by atoms with Gasteiger partial charge in [-0.05, 0) is 51.7 Å². The van der Waals surface area contributed by atoms with E-state index in [1.165, 1.54) is 18.2 Å². The van der Waals surface area contributed by atoms with Crippen molar-refractivity contribution in [2.24, 2.45) is 0 Å². The fourth-order valence-electron chi connectivity index (χ4n) is 1.91. The predicted molar refractivity (Wildman–Crippen MR) is 80.9 cm³/mol. The Labute approximate surface area is 136 Å². The third kappa shape index (κ3) is 4.07. The highest BCUT2D eigenvalue weighted by molar-refractivity contribution is 9.11. The molecule has 0 N–H and O–H groups in total. The van der Waals surface area contributed by atoms with Crippen molar-refractivity contribution >= 4 is 31.9 Å². The maximum atomic E-state index is 13.5. The summed E-state index contributed by atoms with van der Waals surface area (Å²) >= 11 is 6.62. The van der Waals surface area contributed by atoms with E-state index in [-0.39, 0.29) is 10.6 Å². The van der Waals surface area contributed by atoms with Crippen LogP contribution in [0.1, 0.15) is 21.5 Å². The predicted octanol–water partition coefficient (Wildman–Crippen LogP) is 6.29. The molecule has 0 saturated carbocycles. The molecule has 2 aromatic rings. The highest BCUT2D eigenvalue weighted by Gasteiger charge is 2.30. The number of hydrogen-bond donors (Lipinski definition) is 0. The molecule has 0 aromatic heterocycles. The van der Waals surface area contributed by atoms with Gasteiger partial charge in [0, 0.05) is 4.83 Å². The van der Waals surface area contributed by atoms with E-state index in [0.29, 0.717) is 10.9 Å². The van der Waals surface area contributed by atoms with Crippen molar-refractivity contribution in [1.82, 2.24) is 0 Å². The molecule has 0 nitrogen and oxygen atoms in total. The molecule has 6 heteroatoms. The Morgan fingerprint density at radius 2 is 1.62 bits per heavy atom. The summed E-state index contributed by atoms with van der Waals surface area (Å²) in [6, 6.07) is 9.67. The van der Waals surface area contributed by atoms with Crippen LogP contribution < -0.4 is 0 Å². The Morgan fingerprint density at radius 3 is 2.19 bits per heavy atom. The number of benzene rings is 2. The van der Waals surface area contributed by atoms with Gasteiger partial charge in [0.15, 0.2) is 0 Å². The summed E-state index contributed by atoms with van der Waals surface area (Å²) in [5.41, 5.74) is 0.778. The number of halogens is 6. The summed E-state index contributed by atoms with van der Waals surface area (Å²) in [4.78, 5) is -0.195. The minimum absolute atomic E-state index is 0.195. The van der Waals surface area contributed by atoms with E-state index in [2.05, 4.69) is 31.9 Å². The van der Waals surface area contributed by atoms with Crippen molar-refractivity contribution in [3.05, 3.63) is 69.4 Å². The molecule has 0 aliphatic carbocycles. The van der Waals surface area contributed by atoms with Gasteiger partial charge in [-0.3, -0.25) is 0 Å². The van der Waals surface area contributed by atoms with Gasteiger partial charge in [0.1, 0.15) is 5.82 Å². The normalized spacial score (nSPS) is 13.2. The minimum Gasteiger partial charge on any atom is -0.206 e. The fraction of sp³-hybridized carbons (Fsp3) is 0.200. The maximum absolute atomic E-state index is 13.5. The summed E-state index contributed by atoms with van der Waals surface area (Å²) in [6.45, 7) is 0. The minimum atomic E-state index is -4.34. The second-order valence-electron chi connectivity index (χ2n) is 4.51. The van der Waals surface area contributed by atoms with Gasteiger partial charge in [-0.1, -0.05) is 40.2 Å². The molecular weight excluding hydrogens is 416 g/mol. The molecule has 0 spiro atoms. The number of rotatable bonds is 3. The first-order chi connectivity index (χ1) is 9.79. The SMILES string of the molecule is Fc1cccc(C(Br)Cc2ccc(C(F)(F)F)cc2)c1Br. The topological polar surface area (TPSA) is 0 Å². The third-order valence-electron chi connectivity index (χ3n) is 3.02. The van der Waals surface area contributed by atoms with Crippen molar-refractivity contribution in [3.8, 4) is 0 Å². The first kappa shape index (κ1) is 16.5. The summed E-state index contributed by atoms with van der Waals surface area (Å²) < 4.78 is 51.3. The zero-order valence-electron chi connectivity index (χ0n) is 10.6. The van der Waals surface area contributed by atoms with Crippen LogP contribution in [-0.2, 0) is 12.6 Å². The van der Waals surface area contributed by atoms with Crippen molar-refractivity contribution in [3.63, 3.8) is 0 Å². The van der Waals surface area contributed by atoms with E-state index in [9.17, 15) is 17.6 Å². The molecule has 0 radical (unpaired) electrons. The highest BCUT2D eigenvalue weighted by Crippen LogP contribution is 2.35. The largest absolute Gasteiger partial charge is 0.416 e. The lowest BCUT2D eigenvalue weighted by Gasteiger charge is -2.13. The smallest absolute Gasteiger partial charge is 0.206 e. The molecular formula is C15H10Br2F4. The van der Waals surface area contributed by atoms with Crippen LogP contribution in [-0.4, -0.2) is 0 Å².